The fourth-order valence-electron chi connectivity index (χ4n) is 16.9. The highest BCUT2D eigenvalue weighted by Crippen LogP contribution is 2.59. The van der Waals surface area contributed by atoms with Crippen molar-refractivity contribution in [3.8, 4) is 23.0 Å². The number of benzene rings is 8. The van der Waals surface area contributed by atoms with Crippen LogP contribution in [-0.4, -0.2) is 85.6 Å². The summed E-state index contributed by atoms with van der Waals surface area (Å²) < 4.78 is 65.8. The summed E-state index contributed by atoms with van der Waals surface area (Å²) in [5.41, 5.74) is 17.2. The third-order valence-corrected chi connectivity index (χ3v) is 21.5. The summed E-state index contributed by atoms with van der Waals surface area (Å²) in [5, 5.41) is 20.4. The molecular formula is C90H70N8O25. The molecule has 4 atom stereocenters. The average Bonchev–Trinajstić information content (AvgIpc) is 1.62. The molecule has 4 spiro atoms. The Bertz CT molecular complexity index is 6210. The average molecular weight is 1660 g/mol. The first-order chi connectivity index (χ1) is 59.4. The van der Waals surface area contributed by atoms with E-state index in [9.17, 15) is 57.5 Å². The number of fused-ring (bicyclic) bond motifs is 24. The Morgan fingerprint density at radius 1 is 0.301 bits per heavy atom. The minimum absolute atomic E-state index is 0.0497. The molecule has 8 aromatic carbocycles. The van der Waals surface area contributed by atoms with Crippen LogP contribution in [0.2, 0.25) is 0 Å². The largest absolute Gasteiger partial charge is 0.462 e. The van der Waals surface area contributed by atoms with Crippen LogP contribution in [0.25, 0.3) is 43.9 Å². The molecule has 0 radical (unpaired) electrons. The zero-order valence-electron chi connectivity index (χ0n) is 65.6. The summed E-state index contributed by atoms with van der Waals surface area (Å²) in [4.78, 5) is 158. The lowest BCUT2D eigenvalue weighted by atomic mass is 9.68. The highest BCUT2D eigenvalue weighted by Gasteiger charge is 2.65. The van der Waals surface area contributed by atoms with Crippen LogP contribution in [0.15, 0.2) is 277 Å². The summed E-state index contributed by atoms with van der Waals surface area (Å²) in [6, 6.07) is 54.1. The minimum Gasteiger partial charge on any atom is -0.462 e. The van der Waals surface area contributed by atoms with Gasteiger partial charge in [-0.15, -0.1) is 0 Å². The molecule has 33 heteroatoms. The van der Waals surface area contributed by atoms with Gasteiger partial charge in [0.1, 0.15) is 88.5 Å². The number of rotatable bonds is 8. The quantitative estimate of drug-likeness (QED) is 0.0390. The van der Waals surface area contributed by atoms with Gasteiger partial charge in [-0.25, -0.2) is 38.4 Å². The van der Waals surface area contributed by atoms with E-state index in [2.05, 4.69) is 21.3 Å². The Labute approximate surface area is 692 Å². The van der Waals surface area contributed by atoms with Gasteiger partial charge in [0.25, 0.3) is 0 Å². The summed E-state index contributed by atoms with van der Waals surface area (Å²) in [7, 11) is 0. The number of carbonyl (C=O) groups excluding carboxylic acids is 8. The summed E-state index contributed by atoms with van der Waals surface area (Å²) in [6.45, 7) is 8.64. The molecular weight excluding hydrogens is 1590 g/mol. The van der Waals surface area contributed by atoms with Crippen LogP contribution in [0, 0.1) is 0 Å². The van der Waals surface area contributed by atoms with Gasteiger partial charge in [-0.3, -0.25) is 19.2 Å². The van der Waals surface area contributed by atoms with Gasteiger partial charge < -0.3 is 105 Å². The second-order valence-electron chi connectivity index (χ2n) is 27.9. The van der Waals surface area contributed by atoms with Gasteiger partial charge in [0, 0.05) is 51.6 Å². The molecule has 13 N–H and O–H groups in total. The Morgan fingerprint density at radius 3 is 0.675 bits per heavy atom. The maximum atomic E-state index is 13.5. The predicted molar refractivity (Wildman–Crippen MR) is 440 cm³/mol. The molecule has 0 aliphatic carbocycles. The van der Waals surface area contributed by atoms with Gasteiger partial charge >= 0.3 is 46.4 Å². The van der Waals surface area contributed by atoms with E-state index in [4.69, 9.17) is 83.6 Å². The normalized spacial score (nSPS) is 19.0. The molecule has 8 aliphatic heterocycles. The van der Waals surface area contributed by atoms with E-state index < -0.39 is 91.7 Å². The number of ether oxygens (including phenoxy) is 8. The fourth-order valence-corrected chi connectivity index (χ4v) is 16.9. The number of carbonyl (C=O) groups is 8. The molecule has 0 saturated carbocycles. The van der Waals surface area contributed by atoms with E-state index in [-0.39, 0.29) is 146 Å². The molecule has 4 unspecified atom stereocenters. The Hall–Kier alpha value is -16.3. The topological polar surface area (TPSA) is 504 Å². The van der Waals surface area contributed by atoms with Crippen LogP contribution in [0.5, 0.6) is 23.0 Å². The van der Waals surface area contributed by atoms with Crippen molar-refractivity contribution >= 4 is 114 Å². The van der Waals surface area contributed by atoms with Crippen molar-refractivity contribution in [2.45, 2.75) is 56.3 Å². The Morgan fingerprint density at radius 2 is 0.480 bits per heavy atom. The maximum Gasteiger partial charge on any atom is 0.345 e. The van der Waals surface area contributed by atoms with Gasteiger partial charge in [0.05, 0.1) is 48.0 Å². The molecule has 620 valence electrons. The van der Waals surface area contributed by atoms with Crippen LogP contribution >= 0.6 is 0 Å². The molecule has 8 aliphatic rings. The number of nitrogens with two attached hydrogens (primary N) is 4. The minimum atomic E-state index is -1.86. The third kappa shape index (κ3) is 12.0. The van der Waals surface area contributed by atoms with Crippen molar-refractivity contribution in [3.63, 3.8) is 0 Å². The third-order valence-electron chi connectivity index (χ3n) is 21.5. The zero-order valence-corrected chi connectivity index (χ0v) is 65.6. The fraction of sp³-hybridized carbons (Fsp3) is 0.156. The SMILES string of the molecule is CCO.CCOC(=O)C1=C(N)Oc2c(c(=O)oc3ccccc23)C12C(=O)Nc1ccccc12.CCOC(=O)C1=C(N)Oc2c(c(=O)oc3ccccc23)C12C(=O)Nc1ccccc12.CCOC(=O)C1=C(N)Oc2c(c(=O)oc3ccccc23)C12C(=O)Nc1ccccc12.CCOC(=O)C1=C(N)Oc2c(c(=O)oc3ccccc23)C12C(=O)Nc1ccccc12. The number of hydrogen-bond donors (Lipinski definition) is 9. The number of anilines is 4. The predicted octanol–water partition coefficient (Wildman–Crippen LogP) is 8.63. The van der Waals surface area contributed by atoms with Crippen molar-refractivity contribution < 1.29 is 99.0 Å². The van der Waals surface area contributed by atoms with E-state index in [1.807, 2.05) is 0 Å². The molecule has 4 aromatic heterocycles. The van der Waals surface area contributed by atoms with Crippen molar-refractivity contribution in [3.05, 3.63) is 326 Å². The number of aliphatic hydroxyl groups excluding tert-OH is 1. The van der Waals surface area contributed by atoms with Crippen molar-refractivity contribution in [2.75, 3.05) is 54.3 Å². The van der Waals surface area contributed by atoms with E-state index in [0.717, 1.165) is 0 Å². The van der Waals surface area contributed by atoms with Crippen molar-refractivity contribution in [2.24, 2.45) is 22.9 Å². The summed E-state index contributed by atoms with van der Waals surface area (Å²) in [5.74, 6) is -6.70. The zero-order chi connectivity index (χ0) is 86.9. The maximum absolute atomic E-state index is 13.5. The molecule has 33 nitrogen and oxygen atoms in total. The molecule has 12 aromatic rings. The van der Waals surface area contributed by atoms with E-state index in [0.29, 0.717) is 66.5 Å². The number of hydrogen-bond acceptors (Lipinski definition) is 29. The van der Waals surface area contributed by atoms with Crippen LogP contribution in [-0.2, 0) is 79.0 Å². The van der Waals surface area contributed by atoms with E-state index in [1.165, 1.54) is 0 Å². The van der Waals surface area contributed by atoms with Crippen LogP contribution < -0.4 is 85.7 Å². The van der Waals surface area contributed by atoms with Crippen LogP contribution in [0.1, 0.15) is 79.1 Å². The summed E-state index contributed by atoms with van der Waals surface area (Å²) >= 11 is 0. The van der Waals surface area contributed by atoms with Gasteiger partial charge in [0.15, 0.2) is 23.0 Å². The lowest BCUT2D eigenvalue weighted by Crippen LogP contribution is -2.48. The number of nitrogens with one attached hydrogen (secondary N) is 4. The smallest absolute Gasteiger partial charge is 0.345 e. The molecule has 123 heavy (non-hydrogen) atoms. The van der Waals surface area contributed by atoms with Crippen LogP contribution in [0.4, 0.5) is 22.7 Å². The van der Waals surface area contributed by atoms with Gasteiger partial charge in [-0.2, -0.15) is 0 Å². The molecule has 0 saturated heterocycles. The highest BCUT2D eigenvalue weighted by molar-refractivity contribution is 6.22. The number of aliphatic hydroxyl groups is 1. The lowest BCUT2D eigenvalue weighted by molar-refractivity contribution is -0.141. The van der Waals surface area contributed by atoms with E-state index in [1.54, 1.807) is 229 Å². The second kappa shape index (κ2) is 31.2. The van der Waals surface area contributed by atoms with Gasteiger partial charge in [0.2, 0.25) is 47.2 Å². The Kier molecular flexibility index (Phi) is 20.4. The number of esters is 4. The first-order valence-corrected chi connectivity index (χ1v) is 38.3. The van der Waals surface area contributed by atoms with E-state index >= 15 is 0 Å². The van der Waals surface area contributed by atoms with Crippen molar-refractivity contribution in [1.29, 1.82) is 0 Å². The standard InChI is InChI=1S/4C22H16N2O6.C2H6O/c4*1-2-28-19(25)16-18(23)30-17-11-7-3-6-10-14(11)29-20(26)15(17)22(16)12-8-4-5-9-13(12)24-21(22)27;1-2-3/h4*3-10H,2,23H2,1H3,(H,24,27);3H,2H2,1H3. The molecule has 4 amide bonds. The number of amides is 4. The number of para-hydroxylation sites is 8. The summed E-state index contributed by atoms with van der Waals surface area (Å²) in [6.07, 6.45) is 0. The molecule has 12 heterocycles. The van der Waals surface area contributed by atoms with Crippen LogP contribution in [0.3, 0.4) is 0 Å². The molecule has 0 bridgehead atoms. The first-order valence-electron chi connectivity index (χ1n) is 38.3. The van der Waals surface area contributed by atoms with Gasteiger partial charge in [-0.05, 0) is 107 Å². The Balaban J connectivity index is 0.000000120. The molecule has 0 fully saturated rings. The van der Waals surface area contributed by atoms with Gasteiger partial charge in [-0.1, -0.05) is 121 Å². The monoisotopic (exact) mass is 1660 g/mol. The second-order valence-corrected chi connectivity index (χ2v) is 27.9. The molecule has 20 rings (SSSR count). The highest BCUT2D eigenvalue weighted by atomic mass is 16.6. The lowest BCUT2D eigenvalue weighted by Gasteiger charge is -2.34. The van der Waals surface area contributed by atoms with Crippen molar-refractivity contribution in [1.82, 2.24) is 0 Å². The first kappa shape index (κ1) is 80.5.